The summed E-state index contributed by atoms with van der Waals surface area (Å²) in [5.41, 5.74) is 2.60. The molecule has 0 fully saturated rings. The Morgan fingerprint density at radius 1 is 1.26 bits per heavy atom. The van der Waals surface area contributed by atoms with Crippen LogP contribution in [0.3, 0.4) is 0 Å². The average molecular weight is 391 g/mol. The monoisotopic (exact) mass is 390 g/mol. The number of hydrogen-bond donors (Lipinski definition) is 1. The van der Waals surface area contributed by atoms with Crippen LogP contribution in [0.15, 0.2) is 62.6 Å². The summed E-state index contributed by atoms with van der Waals surface area (Å²) in [6.07, 6.45) is 0. The van der Waals surface area contributed by atoms with Crippen LogP contribution in [-0.2, 0) is 4.79 Å². The number of amides is 1. The van der Waals surface area contributed by atoms with Crippen molar-refractivity contribution in [2.75, 3.05) is 5.75 Å². The fourth-order valence-electron chi connectivity index (χ4n) is 2.16. The number of hydrogen-bond acceptors (Lipinski definition) is 4. The molecule has 3 rings (SSSR count). The minimum Gasteiger partial charge on any atom is -0.431 e. The first-order valence-electron chi connectivity index (χ1n) is 7.15. The highest BCUT2D eigenvalue weighted by Gasteiger charge is 2.12. The number of para-hydroxylation sites is 2. The van der Waals surface area contributed by atoms with Gasteiger partial charge in [-0.05, 0) is 36.8 Å². The molecule has 0 aliphatic carbocycles. The normalized spacial score (nSPS) is 12.3. The minimum absolute atomic E-state index is 0.0418. The summed E-state index contributed by atoms with van der Waals surface area (Å²) >= 11 is 4.70. The molecular formula is C17H15BrN2O2S. The van der Waals surface area contributed by atoms with Crippen LogP contribution in [0, 0.1) is 0 Å². The van der Waals surface area contributed by atoms with Crippen molar-refractivity contribution < 1.29 is 9.21 Å². The highest BCUT2D eigenvalue weighted by molar-refractivity contribution is 9.10. The first kappa shape index (κ1) is 16.1. The second-order valence-electron chi connectivity index (χ2n) is 5.08. The van der Waals surface area contributed by atoms with Gasteiger partial charge in [0, 0.05) is 4.47 Å². The fourth-order valence-corrected chi connectivity index (χ4v) is 3.07. The van der Waals surface area contributed by atoms with Gasteiger partial charge in [-0.15, -0.1) is 0 Å². The lowest BCUT2D eigenvalue weighted by Crippen LogP contribution is -2.28. The highest BCUT2D eigenvalue weighted by atomic mass is 79.9. The molecule has 0 aliphatic heterocycles. The predicted octanol–water partition coefficient (Wildman–Crippen LogP) is 4.56. The quantitative estimate of drug-likeness (QED) is 0.648. The Kier molecular flexibility index (Phi) is 5.03. The molecule has 1 N–H and O–H groups in total. The second kappa shape index (κ2) is 7.19. The number of aromatic nitrogens is 1. The van der Waals surface area contributed by atoms with E-state index in [2.05, 4.69) is 26.2 Å². The summed E-state index contributed by atoms with van der Waals surface area (Å²) in [6.45, 7) is 1.96. The van der Waals surface area contributed by atoms with E-state index in [4.69, 9.17) is 4.42 Å². The molecule has 1 aromatic heterocycles. The number of halogens is 1. The van der Waals surface area contributed by atoms with Gasteiger partial charge in [0.25, 0.3) is 5.22 Å². The number of nitrogens with zero attached hydrogens (tertiary/aromatic N) is 1. The SMILES string of the molecule is C[C@@H](NC(=O)CSc1nc2ccccc2o1)c1ccc(Br)cc1. The summed E-state index contributed by atoms with van der Waals surface area (Å²) in [5.74, 6) is 0.223. The van der Waals surface area contributed by atoms with Crippen LogP contribution in [0.5, 0.6) is 0 Å². The number of carbonyl (C=O) groups is 1. The molecule has 2 aromatic carbocycles. The molecule has 0 saturated heterocycles. The Balaban J connectivity index is 1.55. The Morgan fingerprint density at radius 3 is 2.74 bits per heavy atom. The summed E-state index contributed by atoms with van der Waals surface area (Å²) in [5, 5.41) is 3.49. The molecule has 0 saturated carbocycles. The maximum Gasteiger partial charge on any atom is 0.257 e. The lowest BCUT2D eigenvalue weighted by Gasteiger charge is -2.13. The van der Waals surface area contributed by atoms with Crippen molar-refractivity contribution in [2.24, 2.45) is 0 Å². The van der Waals surface area contributed by atoms with Crippen LogP contribution in [0.2, 0.25) is 0 Å². The summed E-state index contributed by atoms with van der Waals surface area (Å²) in [4.78, 5) is 16.4. The van der Waals surface area contributed by atoms with Crippen LogP contribution >= 0.6 is 27.7 Å². The molecule has 6 heteroatoms. The lowest BCUT2D eigenvalue weighted by molar-refractivity contribution is -0.119. The van der Waals surface area contributed by atoms with E-state index >= 15 is 0 Å². The molecule has 0 aliphatic rings. The van der Waals surface area contributed by atoms with Gasteiger partial charge in [0.1, 0.15) is 5.52 Å². The van der Waals surface area contributed by atoms with Gasteiger partial charge in [-0.25, -0.2) is 4.98 Å². The maximum absolute atomic E-state index is 12.1. The van der Waals surface area contributed by atoms with Crippen molar-refractivity contribution >= 4 is 44.7 Å². The smallest absolute Gasteiger partial charge is 0.257 e. The fraction of sp³-hybridized carbons (Fsp3) is 0.176. The molecule has 0 unspecified atom stereocenters. The molecule has 1 amide bonds. The van der Waals surface area contributed by atoms with E-state index in [1.54, 1.807) is 0 Å². The van der Waals surface area contributed by atoms with Crippen LogP contribution < -0.4 is 5.32 Å². The number of rotatable bonds is 5. The van der Waals surface area contributed by atoms with Crippen LogP contribution in [0.25, 0.3) is 11.1 Å². The number of nitrogens with one attached hydrogen (secondary N) is 1. The first-order chi connectivity index (χ1) is 11.1. The molecule has 4 nitrogen and oxygen atoms in total. The third kappa shape index (κ3) is 4.14. The van der Waals surface area contributed by atoms with Gasteiger partial charge >= 0.3 is 0 Å². The molecule has 118 valence electrons. The average Bonchev–Trinajstić information content (AvgIpc) is 2.96. The molecule has 0 bridgehead atoms. The summed E-state index contributed by atoms with van der Waals surface area (Å²) < 4.78 is 6.61. The van der Waals surface area contributed by atoms with Gasteiger partial charge in [0.2, 0.25) is 5.91 Å². The Bertz CT molecular complexity index is 784. The van der Waals surface area contributed by atoms with Crippen LogP contribution in [0.1, 0.15) is 18.5 Å². The number of benzene rings is 2. The largest absolute Gasteiger partial charge is 0.431 e. The van der Waals surface area contributed by atoms with Crippen LogP contribution in [-0.4, -0.2) is 16.6 Å². The molecular weight excluding hydrogens is 376 g/mol. The van der Waals surface area contributed by atoms with Gasteiger partial charge in [-0.2, -0.15) is 0 Å². The topological polar surface area (TPSA) is 55.1 Å². The van der Waals surface area contributed by atoms with Gasteiger partial charge in [0.05, 0.1) is 11.8 Å². The molecule has 0 spiro atoms. The zero-order valence-corrected chi connectivity index (χ0v) is 14.9. The van der Waals surface area contributed by atoms with E-state index in [0.29, 0.717) is 5.22 Å². The molecule has 0 radical (unpaired) electrons. The molecule has 3 aromatic rings. The van der Waals surface area contributed by atoms with Gasteiger partial charge in [-0.1, -0.05) is 52.0 Å². The lowest BCUT2D eigenvalue weighted by atomic mass is 10.1. The van der Waals surface area contributed by atoms with E-state index in [0.717, 1.165) is 21.1 Å². The Hall–Kier alpha value is -1.79. The van der Waals surface area contributed by atoms with Gasteiger partial charge in [-0.3, -0.25) is 4.79 Å². The van der Waals surface area contributed by atoms with Gasteiger partial charge < -0.3 is 9.73 Å². The van der Waals surface area contributed by atoms with Crippen molar-refractivity contribution in [1.29, 1.82) is 0 Å². The predicted molar refractivity (Wildman–Crippen MR) is 95.4 cm³/mol. The number of fused-ring (bicyclic) bond motifs is 1. The van der Waals surface area contributed by atoms with Crippen LogP contribution in [0.4, 0.5) is 0 Å². The van der Waals surface area contributed by atoms with Crippen molar-refractivity contribution in [3.05, 3.63) is 58.6 Å². The number of thioether (sulfide) groups is 1. The number of carbonyl (C=O) groups excluding carboxylic acids is 1. The van der Waals surface area contributed by atoms with Crippen molar-refractivity contribution in [2.45, 2.75) is 18.2 Å². The maximum atomic E-state index is 12.1. The third-order valence-corrected chi connectivity index (χ3v) is 4.71. The van der Waals surface area contributed by atoms with Crippen molar-refractivity contribution in [3.63, 3.8) is 0 Å². The molecule has 1 atom stereocenters. The molecule has 1 heterocycles. The Labute approximate surface area is 146 Å². The van der Waals surface area contributed by atoms with E-state index in [1.165, 1.54) is 11.8 Å². The second-order valence-corrected chi connectivity index (χ2v) is 6.92. The first-order valence-corrected chi connectivity index (χ1v) is 8.93. The summed E-state index contributed by atoms with van der Waals surface area (Å²) in [7, 11) is 0. The zero-order chi connectivity index (χ0) is 16.2. The molecule has 23 heavy (non-hydrogen) atoms. The van der Waals surface area contributed by atoms with E-state index in [9.17, 15) is 4.79 Å². The summed E-state index contributed by atoms with van der Waals surface area (Å²) in [6, 6.07) is 15.4. The minimum atomic E-state index is -0.0484. The standard InChI is InChI=1S/C17H15BrN2O2S/c1-11(12-6-8-13(18)9-7-12)19-16(21)10-23-17-20-14-4-2-3-5-15(14)22-17/h2-9,11H,10H2,1H3,(H,19,21)/t11-/m1/s1. The Morgan fingerprint density at radius 2 is 2.00 bits per heavy atom. The highest BCUT2D eigenvalue weighted by Crippen LogP contribution is 2.23. The van der Waals surface area contributed by atoms with Gasteiger partial charge in [0.15, 0.2) is 5.58 Å². The van der Waals surface area contributed by atoms with Crippen molar-refractivity contribution in [3.8, 4) is 0 Å². The van der Waals surface area contributed by atoms with Crippen molar-refractivity contribution in [1.82, 2.24) is 10.3 Å². The van der Waals surface area contributed by atoms with E-state index < -0.39 is 0 Å². The third-order valence-electron chi connectivity index (χ3n) is 3.35. The zero-order valence-electron chi connectivity index (χ0n) is 12.5. The van der Waals surface area contributed by atoms with E-state index in [1.807, 2.05) is 55.5 Å². The number of oxazole rings is 1. The van der Waals surface area contributed by atoms with E-state index in [-0.39, 0.29) is 17.7 Å².